The Kier molecular flexibility index (Phi) is 3.65. The fourth-order valence-electron chi connectivity index (χ4n) is 3.64. The van der Waals surface area contributed by atoms with Crippen LogP contribution in [0.5, 0.6) is 11.5 Å². The Labute approximate surface area is 161 Å². The lowest BCUT2D eigenvalue weighted by molar-refractivity contribution is 0.0763. The number of anilines is 1. The van der Waals surface area contributed by atoms with Gasteiger partial charge in [0.2, 0.25) is 10.7 Å². The summed E-state index contributed by atoms with van der Waals surface area (Å²) in [5.41, 5.74) is 2.60. The van der Waals surface area contributed by atoms with E-state index in [1.807, 2.05) is 72.8 Å². The molecule has 2 aliphatic rings. The van der Waals surface area contributed by atoms with Crippen LogP contribution < -0.4 is 14.8 Å². The summed E-state index contributed by atoms with van der Waals surface area (Å²) in [5.74, 6) is 1.40. The van der Waals surface area contributed by atoms with E-state index in [9.17, 15) is 4.79 Å². The van der Waals surface area contributed by atoms with Crippen molar-refractivity contribution in [3.8, 4) is 11.5 Å². The van der Waals surface area contributed by atoms with E-state index in [0.29, 0.717) is 11.3 Å². The standard InChI is InChI=1S/C22H17NO3S/c1-25-15-12-10-14(11-13-15)20-22(27-19-9-5-3-7-17(19)23-20)21(24)16-6-2-4-8-18(16)26-22/h2-13,20,23H,1H3/t20-,22+/m1/s1. The third-order valence-electron chi connectivity index (χ3n) is 4.99. The van der Waals surface area contributed by atoms with E-state index in [0.717, 1.165) is 21.9 Å². The van der Waals surface area contributed by atoms with Crippen molar-refractivity contribution >= 4 is 23.2 Å². The third-order valence-corrected chi connectivity index (χ3v) is 6.37. The first-order valence-electron chi connectivity index (χ1n) is 8.73. The van der Waals surface area contributed by atoms with Gasteiger partial charge in [0.1, 0.15) is 17.5 Å². The Morgan fingerprint density at radius 1 is 1.00 bits per heavy atom. The van der Waals surface area contributed by atoms with Crippen LogP contribution in [0.4, 0.5) is 5.69 Å². The number of hydrogen-bond donors (Lipinski definition) is 1. The number of para-hydroxylation sites is 2. The van der Waals surface area contributed by atoms with Gasteiger partial charge >= 0.3 is 0 Å². The highest BCUT2D eigenvalue weighted by Gasteiger charge is 2.57. The molecule has 1 spiro atoms. The lowest BCUT2D eigenvalue weighted by Gasteiger charge is -2.40. The average Bonchev–Trinajstić information content (AvgIpc) is 3.00. The minimum Gasteiger partial charge on any atom is -0.497 e. The molecule has 5 rings (SSSR count). The van der Waals surface area contributed by atoms with Crippen LogP contribution in [0.3, 0.4) is 0 Å². The van der Waals surface area contributed by atoms with Crippen molar-refractivity contribution in [1.29, 1.82) is 0 Å². The molecular formula is C22H17NO3S. The van der Waals surface area contributed by atoms with Crippen molar-refractivity contribution in [2.45, 2.75) is 15.9 Å². The van der Waals surface area contributed by atoms with Crippen LogP contribution in [-0.2, 0) is 0 Å². The normalized spacial score (nSPS) is 22.6. The molecule has 0 saturated heterocycles. The van der Waals surface area contributed by atoms with Crippen LogP contribution in [0.1, 0.15) is 22.0 Å². The maximum absolute atomic E-state index is 13.5. The van der Waals surface area contributed by atoms with Crippen LogP contribution in [0, 0.1) is 0 Å². The number of carbonyl (C=O) groups is 1. The van der Waals surface area contributed by atoms with Crippen LogP contribution >= 0.6 is 11.8 Å². The Hall–Kier alpha value is -2.92. The van der Waals surface area contributed by atoms with Gasteiger partial charge in [-0.25, -0.2) is 0 Å². The highest BCUT2D eigenvalue weighted by Crippen LogP contribution is 2.56. The number of Topliss-reactive ketones (excluding diaryl/α,β-unsaturated/α-hetero) is 1. The Bertz CT molecular complexity index is 1030. The minimum atomic E-state index is -1.08. The summed E-state index contributed by atoms with van der Waals surface area (Å²) in [7, 11) is 1.64. The number of nitrogens with one attached hydrogen (secondary N) is 1. The molecule has 0 bridgehead atoms. The fourth-order valence-corrected chi connectivity index (χ4v) is 5.00. The van der Waals surface area contributed by atoms with Crippen LogP contribution in [-0.4, -0.2) is 17.8 Å². The summed E-state index contributed by atoms with van der Waals surface area (Å²) < 4.78 is 11.6. The molecule has 0 aromatic heterocycles. The van der Waals surface area contributed by atoms with Crippen molar-refractivity contribution in [1.82, 2.24) is 0 Å². The maximum atomic E-state index is 13.5. The molecule has 2 aliphatic heterocycles. The molecule has 0 aliphatic carbocycles. The lowest BCUT2D eigenvalue weighted by Crippen LogP contribution is -2.48. The predicted octanol–water partition coefficient (Wildman–Crippen LogP) is 4.93. The lowest BCUT2D eigenvalue weighted by atomic mass is 9.95. The van der Waals surface area contributed by atoms with Crippen LogP contribution in [0.25, 0.3) is 0 Å². The molecule has 0 unspecified atom stereocenters. The molecule has 0 radical (unpaired) electrons. The molecule has 2 atom stereocenters. The highest BCUT2D eigenvalue weighted by atomic mass is 32.2. The molecule has 0 saturated carbocycles. The van der Waals surface area contributed by atoms with Gasteiger partial charge in [0.15, 0.2) is 0 Å². The van der Waals surface area contributed by atoms with Gasteiger partial charge in [0, 0.05) is 10.6 Å². The zero-order valence-electron chi connectivity index (χ0n) is 14.6. The SMILES string of the molecule is COc1ccc([C@H]2Nc3ccccc3S[C@@]23Oc2ccccc2C3=O)cc1. The predicted molar refractivity (Wildman–Crippen MR) is 106 cm³/mol. The second-order valence-electron chi connectivity index (χ2n) is 6.54. The zero-order valence-corrected chi connectivity index (χ0v) is 15.5. The van der Waals surface area contributed by atoms with Crippen molar-refractivity contribution in [2.24, 2.45) is 0 Å². The van der Waals surface area contributed by atoms with Gasteiger partial charge in [-0.15, -0.1) is 0 Å². The summed E-state index contributed by atoms with van der Waals surface area (Å²) >= 11 is 1.48. The number of ether oxygens (including phenoxy) is 2. The van der Waals surface area contributed by atoms with Crippen molar-refractivity contribution in [2.75, 3.05) is 12.4 Å². The van der Waals surface area contributed by atoms with Crippen molar-refractivity contribution < 1.29 is 14.3 Å². The number of methoxy groups -OCH3 is 1. The highest BCUT2D eigenvalue weighted by molar-refractivity contribution is 8.01. The van der Waals surface area contributed by atoms with Gasteiger partial charge in [-0.2, -0.15) is 0 Å². The van der Waals surface area contributed by atoms with Gasteiger partial charge in [0.05, 0.1) is 12.7 Å². The van der Waals surface area contributed by atoms with Crippen LogP contribution in [0.2, 0.25) is 0 Å². The van der Waals surface area contributed by atoms with E-state index >= 15 is 0 Å². The first-order chi connectivity index (χ1) is 13.2. The van der Waals surface area contributed by atoms with Gasteiger partial charge in [-0.05, 0) is 42.0 Å². The first kappa shape index (κ1) is 16.3. The van der Waals surface area contributed by atoms with Crippen LogP contribution in [0.15, 0.2) is 77.7 Å². The summed E-state index contributed by atoms with van der Waals surface area (Å²) in [6.45, 7) is 0. The second-order valence-corrected chi connectivity index (χ2v) is 7.79. The van der Waals surface area contributed by atoms with E-state index in [1.165, 1.54) is 11.8 Å². The summed E-state index contributed by atoms with van der Waals surface area (Å²) in [6, 6.07) is 22.9. The quantitative estimate of drug-likeness (QED) is 0.688. The molecule has 0 fully saturated rings. The number of benzene rings is 3. The van der Waals surface area contributed by atoms with Gasteiger partial charge in [-0.1, -0.05) is 48.2 Å². The van der Waals surface area contributed by atoms with Crippen molar-refractivity contribution in [3.63, 3.8) is 0 Å². The molecule has 0 amide bonds. The van der Waals surface area contributed by atoms with E-state index in [1.54, 1.807) is 7.11 Å². The summed E-state index contributed by atoms with van der Waals surface area (Å²) in [6.07, 6.45) is 0. The number of rotatable bonds is 2. The maximum Gasteiger partial charge on any atom is 0.245 e. The smallest absolute Gasteiger partial charge is 0.245 e. The molecule has 5 heteroatoms. The number of ketones is 1. The topological polar surface area (TPSA) is 47.6 Å². The number of fused-ring (bicyclic) bond motifs is 2. The van der Waals surface area contributed by atoms with E-state index in [-0.39, 0.29) is 11.8 Å². The Balaban J connectivity index is 1.66. The number of hydrogen-bond acceptors (Lipinski definition) is 5. The molecule has 134 valence electrons. The van der Waals surface area contributed by atoms with Crippen molar-refractivity contribution in [3.05, 3.63) is 83.9 Å². The number of thioether (sulfide) groups is 1. The first-order valence-corrected chi connectivity index (χ1v) is 9.54. The zero-order chi connectivity index (χ0) is 18.4. The van der Waals surface area contributed by atoms with E-state index in [4.69, 9.17) is 9.47 Å². The summed E-state index contributed by atoms with van der Waals surface area (Å²) in [4.78, 5) is 13.4. The van der Waals surface area contributed by atoms with E-state index in [2.05, 4.69) is 5.32 Å². The molecule has 3 aromatic carbocycles. The van der Waals surface area contributed by atoms with Gasteiger partial charge < -0.3 is 14.8 Å². The molecular weight excluding hydrogens is 358 g/mol. The largest absolute Gasteiger partial charge is 0.497 e. The fraction of sp³-hybridized carbons (Fsp3) is 0.136. The molecule has 2 heterocycles. The monoisotopic (exact) mass is 375 g/mol. The number of carbonyl (C=O) groups excluding carboxylic acids is 1. The Morgan fingerprint density at radius 2 is 1.74 bits per heavy atom. The van der Waals surface area contributed by atoms with Gasteiger partial charge in [0.25, 0.3) is 0 Å². The Morgan fingerprint density at radius 3 is 2.52 bits per heavy atom. The minimum absolute atomic E-state index is 0.00841. The molecule has 3 aromatic rings. The summed E-state index contributed by atoms with van der Waals surface area (Å²) in [5, 5.41) is 3.54. The average molecular weight is 375 g/mol. The molecule has 1 N–H and O–H groups in total. The third kappa shape index (κ3) is 2.42. The van der Waals surface area contributed by atoms with Gasteiger partial charge in [-0.3, -0.25) is 4.79 Å². The molecule has 27 heavy (non-hydrogen) atoms. The van der Waals surface area contributed by atoms with E-state index < -0.39 is 4.93 Å². The molecule has 4 nitrogen and oxygen atoms in total. The second kappa shape index (κ2) is 6.06.